The van der Waals surface area contributed by atoms with Crippen LogP contribution in [0.4, 0.5) is 4.39 Å². The zero-order chi connectivity index (χ0) is 14.7. The van der Waals surface area contributed by atoms with Gasteiger partial charge >= 0.3 is 0 Å². The van der Waals surface area contributed by atoms with Crippen LogP contribution in [-0.2, 0) is 0 Å². The van der Waals surface area contributed by atoms with Crippen molar-refractivity contribution in [2.75, 3.05) is 0 Å². The fraction of sp³-hybridized carbons (Fsp3) is 0. The number of rotatable bonds is 3. The molecule has 0 aliphatic carbocycles. The first-order valence-corrected chi connectivity index (χ1v) is 7.98. The molecule has 0 atom stereocenters. The van der Waals surface area contributed by atoms with E-state index in [1.807, 2.05) is 36.4 Å². The van der Waals surface area contributed by atoms with Crippen LogP contribution in [0.15, 0.2) is 93.5 Å². The molecule has 0 saturated carbocycles. The fourth-order valence-corrected chi connectivity index (χ4v) is 4.55. The molecule has 21 heavy (non-hydrogen) atoms. The zero-order valence-electron chi connectivity index (χ0n) is 11.3. The average Bonchev–Trinajstić information content (AvgIpc) is 2.53. The lowest BCUT2D eigenvalue weighted by Gasteiger charge is -2.23. The zero-order valence-corrected chi connectivity index (χ0v) is 12.2. The molecule has 0 spiro atoms. The summed E-state index contributed by atoms with van der Waals surface area (Å²) < 4.78 is 13.3. The van der Waals surface area contributed by atoms with Gasteiger partial charge in [0.05, 0.1) is 0 Å². The Hall–Kier alpha value is -2.26. The molecule has 3 aromatic rings. The van der Waals surface area contributed by atoms with E-state index in [9.17, 15) is 9.50 Å². The first kappa shape index (κ1) is 13.7. The minimum absolute atomic E-state index is 0.299. The normalized spacial score (nSPS) is 11.2. The number of hydrogen-bond acceptors (Lipinski definition) is 1. The summed E-state index contributed by atoms with van der Waals surface area (Å²) in [7, 11) is -0.801. The molecule has 0 unspecified atom stereocenters. The Morgan fingerprint density at radius 3 is 1.67 bits per heavy atom. The lowest BCUT2D eigenvalue weighted by atomic mass is 10.3. The highest BCUT2D eigenvalue weighted by Gasteiger charge is 2.14. The molecule has 0 heterocycles. The number of phenols is 1. The van der Waals surface area contributed by atoms with Gasteiger partial charge in [0.25, 0.3) is 0 Å². The number of benzene rings is 3. The number of thiol groups is 1. The Morgan fingerprint density at radius 1 is 0.667 bits per heavy atom. The summed E-state index contributed by atoms with van der Waals surface area (Å²) in [4.78, 5) is 3.27. The molecule has 0 radical (unpaired) electrons. The first-order chi connectivity index (χ1) is 10.3. The number of phenolic OH excluding ortho intramolecular Hbond substituents is 1. The van der Waals surface area contributed by atoms with Crippen molar-refractivity contribution in [3.05, 3.63) is 84.7 Å². The van der Waals surface area contributed by atoms with Crippen LogP contribution in [0.2, 0.25) is 0 Å². The van der Waals surface area contributed by atoms with Gasteiger partial charge in [-0.3, -0.25) is 0 Å². The predicted molar refractivity (Wildman–Crippen MR) is 84.7 cm³/mol. The van der Waals surface area contributed by atoms with Crippen molar-refractivity contribution in [2.45, 2.75) is 14.7 Å². The molecule has 106 valence electrons. The van der Waals surface area contributed by atoms with Gasteiger partial charge in [0.1, 0.15) is 0 Å². The van der Waals surface area contributed by atoms with Crippen LogP contribution in [0.25, 0.3) is 0 Å². The van der Waals surface area contributed by atoms with Crippen molar-refractivity contribution < 1.29 is 9.50 Å². The fourth-order valence-electron chi connectivity index (χ4n) is 2.24. The van der Waals surface area contributed by atoms with Gasteiger partial charge in [0.2, 0.25) is 0 Å². The van der Waals surface area contributed by atoms with E-state index in [1.54, 1.807) is 6.07 Å². The van der Waals surface area contributed by atoms with Gasteiger partial charge in [0.15, 0.2) is 11.6 Å². The highest BCUT2D eigenvalue weighted by atomic mass is 32.2. The minimum atomic E-state index is -0.801. The Balaban J connectivity index is 2.14. The third-order valence-electron chi connectivity index (χ3n) is 3.22. The van der Waals surface area contributed by atoms with Crippen molar-refractivity contribution in [3.8, 4) is 5.75 Å². The van der Waals surface area contributed by atoms with Crippen molar-refractivity contribution in [3.63, 3.8) is 0 Å². The predicted octanol–water partition coefficient (Wildman–Crippen LogP) is 5.01. The van der Waals surface area contributed by atoms with E-state index < -0.39 is 16.7 Å². The second-order valence-electron chi connectivity index (χ2n) is 4.64. The van der Waals surface area contributed by atoms with Crippen LogP contribution in [0.5, 0.6) is 5.75 Å². The summed E-state index contributed by atoms with van der Waals surface area (Å²) in [6.45, 7) is 0. The maximum atomic E-state index is 13.3. The SMILES string of the molecule is Oc1cc([SH](c2ccccc2)c2ccccc2)ccc1F. The topological polar surface area (TPSA) is 20.2 Å². The molecular formula is C18H15FOS. The maximum Gasteiger partial charge on any atom is 0.164 e. The van der Waals surface area contributed by atoms with Crippen LogP contribution in [0.1, 0.15) is 0 Å². The average molecular weight is 298 g/mol. The Labute approximate surface area is 126 Å². The van der Waals surface area contributed by atoms with E-state index in [4.69, 9.17) is 0 Å². The van der Waals surface area contributed by atoms with E-state index in [2.05, 4.69) is 24.3 Å². The number of halogens is 1. The third-order valence-corrected chi connectivity index (χ3v) is 5.64. The molecule has 1 nitrogen and oxygen atoms in total. The van der Waals surface area contributed by atoms with E-state index >= 15 is 0 Å². The second kappa shape index (κ2) is 6.02. The second-order valence-corrected chi connectivity index (χ2v) is 6.86. The van der Waals surface area contributed by atoms with Crippen molar-refractivity contribution in [1.29, 1.82) is 0 Å². The summed E-state index contributed by atoms with van der Waals surface area (Å²) in [5.74, 6) is -0.887. The quantitative estimate of drug-likeness (QED) is 0.651. The van der Waals surface area contributed by atoms with Crippen molar-refractivity contribution >= 4 is 10.9 Å². The summed E-state index contributed by atoms with van der Waals surface area (Å²) >= 11 is 0. The van der Waals surface area contributed by atoms with Gasteiger partial charge < -0.3 is 5.11 Å². The Morgan fingerprint density at radius 2 is 1.19 bits per heavy atom. The lowest BCUT2D eigenvalue weighted by Crippen LogP contribution is -1.89. The summed E-state index contributed by atoms with van der Waals surface area (Å²) in [5.41, 5.74) is 0. The molecule has 1 N–H and O–H groups in total. The van der Waals surface area contributed by atoms with Crippen LogP contribution < -0.4 is 0 Å². The molecule has 0 aliphatic heterocycles. The highest BCUT2D eigenvalue weighted by molar-refractivity contribution is 8.17. The van der Waals surface area contributed by atoms with Gasteiger partial charge in [-0.05, 0) is 57.2 Å². The van der Waals surface area contributed by atoms with Gasteiger partial charge in [-0.15, -0.1) is 0 Å². The molecule has 0 aliphatic rings. The maximum absolute atomic E-state index is 13.3. The molecule has 0 fully saturated rings. The molecule has 0 saturated heterocycles. The minimum Gasteiger partial charge on any atom is -0.505 e. The van der Waals surface area contributed by atoms with Crippen molar-refractivity contribution in [2.24, 2.45) is 0 Å². The van der Waals surface area contributed by atoms with Crippen molar-refractivity contribution in [1.82, 2.24) is 0 Å². The van der Waals surface area contributed by atoms with Gasteiger partial charge in [0, 0.05) is 0 Å². The van der Waals surface area contributed by atoms with Crippen LogP contribution in [0, 0.1) is 5.82 Å². The lowest BCUT2D eigenvalue weighted by molar-refractivity contribution is 0.430. The molecule has 3 heteroatoms. The van der Waals surface area contributed by atoms with Gasteiger partial charge in [-0.1, -0.05) is 36.4 Å². The third kappa shape index (κ3) is 2.93. The van der Waals surface area contributed by atoms with Crippen LogP contribution >= 0.6 is 10.9 Å². The summed E-state index contributed by atoms with van der Waals surface area (Å²) in [6, 6.07) is 24.8. The van der Waals surface area contributed by atoms with Gasteiger partial charge in [-0.2, -0.15) is 10.9 Å². The number of hydrogen-bond donors (Lipinski definition) is 2. The van der Waals surface area contributed by atoms with Gasteiger partial charge in [-0.25, -0.2) is 4.39 Å². The highest BCUT2D eigenvalue weighted by Crippen LogP contribution is 2.51. The van der Waals surface area contributed by atoms with Crippen LogP contribution in [-0.4, -0.2) is 5.11 Å². The van der Waals surface area contributed by atoms with E-state index in [-0.39, 0.29) is 5.75 Å². The van der Waals surface area contributed by atoms with Crippen LogP contribution in [0.3, 0.4) is 0 Å². The molecule has 0 bridgehead atoms. The monoisotopic (exact) mass is 298 g/mol. The first-order valence-electron chi connectivity index (χ1n) is 6.64. The standard InChI is InChI=1S/C18H15FOS/c19-17-12-11-16(13-18(17)20)21(14-7-3-1-4-8-14)15-9-5-2-6-10-15/h1-13,20-21H. The van der Waals surface area contributed by atoms with E-state index in [0.717, 1.165) is 4.90 Å². The Bertz CT molecular complexity index is 689. The molecule has 0 aromatic heterocycles. The molecule has 3 aromatic carbocycles. The van der Waals surface area contributed by atoms with E-state index in [0.29, 0.717) is 0 Å². The van der Waals surface area contributed by atoms with E-state index in [1.165, 1.54) is 21.9 Å². The largest absolute Gasteiger partial charge is 0.505 e. The molecular weight excluding hydrogens is 283 g/mol. The summed E-state index contributed by atoms with van der Waals surface area (Å²) in [5, 5.41) is 9.68. The Kier molecular flexibility index (Phi) is 3.93. The smallest absolute Gasteiger partial charge is 0.164 e. The summed E-state index contributed by atoms with van der Waals surface area (Å²) in [6.07, 6.45) is 0. The molecule has 3 rings (SSSR count). The number of aromatic hydroxyl groups is 1. The molecule has 0 amide bonds.